The molecule has 104 valence electrons. The molecule has 4 heteroatoms. The number of fused-ring (bicyclic) bond motifs is 2. The van der Waals surface area contributed by atoms with E-state index in [1.54, 1.807) is 14.2 Å². The Labute approximate surface area is 113 Å². The smallest absolute Gasteiger partial charge is 0.161 e. The van der Waals surface area contributed by atoms with Gasteiger partial charge < -0.3 is 19.9 Å². The van der Waals surface area contributed by atoms with Crippen molar-refractivity contribution in [3.8, 4) is 11.5 Å². The maximum atomic E-state index is 6.43. The van der Waals surface area contributed by atoms with Gasteiger partial charge in [0.05, 0.1) is 26.4 Å². The van der Waals surface area contributed by atoms with Gasteiger partial charge in [-0.1, -0.05) is 6.07 Å². The molecule has 3 rings (SSSR count). The summed E-state index contributed by atoms with van der Waals surface area (Å²) in [4.78, 5) is 0. The van der Waals surface area contributed by atoms with Gasteiger partial charge in [-0.15, -0.1) is 0 Å². The molecule has 2 aliphatic heterocycles. The summed E-state index contributed by atoms with van der Waals surface area (Å²) in [5, 5.41) is 0. The Hall–Kier alpha value is -1.26. The molecule has 4 nitrogen and oxygen atoms in total. The molecule has 1 aromatic carbocycles. The summed E-state index contributed by atoms with van der Waals surface area (Å²) >= 11 is 0. The molecule has 4 atom stereocenters. The Balaban J connectivity index is 1.81. The Bertz CT molecular complexity index is 463. The van der Waals surface area contributed by atoms with Crippen molar-refractivity contribution < 1.29 is 14.2 Å². The Morgan fingerprint density at radius 2 is 2.00 bits per heavy atom. The first-order valence-electron chi connectivity index (χ1n) is 6.86. The maximum Gasteiger partial charge on any atom is 0.161 e. The average molecular weight is 263 g/mol. The molecule has 2 saturated heterocycles. The third-order valence-electron chi connectivity index (χ3n) is 4.41. The van der Waals surface area contributed by atoms with Crippen molar-refractivity contribution in [1.82, 2.24) is 0 Å². The van der Waals surface area contributed by atoms with Gasteiger partial charge in [-0.25, -0.2) is 0 Å². The minimum absolute atomic E-state index is 0.00936. The second kappa shape index (κ2) is 5.02. The van der Waals surface area contributed by atoms with Gasteiger partial charge in [-0.2, -0.15) is 0 Å². The first-order valence-corrected chi connectivity index (χ1v) is 6.86. The van der Waals surface area contributed by atoms with Crippen LogP contribution in [0.2, 0.25) is 0 Å². The summed E-state index contributed by atoms with van der Waals surface area (Å²) in [6.45, 7) is 0. The molecule has 2 heterocycles. The van der Waals surface area contributed by atoms with Crippen molar-refractivity contribution in [2.75, 3.05) is 14.2 Å². The van der Waals surface area contributed by atoms with Crippen LogP contribution in [0.4, 0.5) is 0 Å². The first kappa shape index (κ1) is 12.8. The van der Waals surface area contributed by atoms with Crippen molar-refractivity contribution in [1.29, 1.82) is 0 Å². The molecule has 0 aliphatic carbocycles. The van der Waals surface area contributed by atoms with Crippen LogP contribution in [-0.2, 0) is 4.74 Å². The molecule has 2 N–H and O–H groups in total. The van der Waals surface area contributed by atoms with E-state index in [0.717, 1.165) is 29.9 Å². The van der Waals surface area contributed by atoms with Crippen LogP contribution < -0.4 is 15.2 Å². The lowest BCUT2D eigenvalue weighted by Crippen LogP contribution is -2.29. The highest BCUT2D eigenvalue weighted by molar-refractivity contribution is 5.44. The highest BCUT2D eigenvalue weighted by Crippen LogP contribution is 2.44. The van der Waals surface area contributed by atoms with Gasteiger partial charge in [0.2, 0.25) is 0 Å². The minimum atomic E-state index is 0.00936. The van der Waals surface area contributed by atoms with Gasteiger partial charge >= 0.3 is 0 Å². The largest absolute Gasteiger partial charge is 0.493 e. The summed E-state index contributed by atoms with van der Waals surface area (Å²) in [7, 11) is 3.29. The van der Waals surface area contributed by atoms with Crippen LogP contribution in [0.5, 0.6) is 11.5 Å². The van der Waals surface area contributed by atoms with Crippen LogP contribution in [0.3, 0.4) is 0 Å². The summed E-state index contributed by atoms with van der Waals surface area (Å²) in [6, 6.07) is 5.94. The van der Waals surface area contributed by atoms with E-state index in [4.69, 9.17) is 19.9 Å². The van der Waals surface area contributed by atoms with E-state index in [9.17, 15) is 0 Å². The highest BCUT2D eigenvalue weighted by Gasteiger charge is 2.43. The fourth-order valence-corrected chi connectivity index (χ4v) is 3.36. The van der Waals surface area contributed by atoms with Crippen molar-refractivity contribution in [3.05, 3.63) is 23.8 Å². The van der Waals surface area contributed by atoms with Crippen LogP contribution in [-0.4, -0.2) is 26.4 Å². The van der Waals surface area contributed by atoms with E-state index in [-0.39, 0.29) is 6.04 Å². The van der Waals surface area contributed by atoms with E-state index < -0.39 is 0 Å². The third-order valence-corrected chi connectivity index (χ3v) is 4.41. The molecule has 2 aliphatic rings. The minimum Gasteiger partial charge on any atom is -0.493 e. The molecule has 1 aromatic rings. The standard InChI is InChI=1S/C15H21NO3/c1-17-13-5-3-9(7-14(13)18-2)15(16)11-8-10-4-6-12(11)19-10/h3,5,7,10-12,15H,4,6,8,16H2,1-2H3. The van der Waals surface area contributed by atoms with E-state index in [1.165, 1.54) is 6.42 Å². The molecule has 19 heavy (non-hydrogen) atoms. The summed E-state index contributed by atoms with van der Waals surface area (Å²) < 4.78 is 16.5. The number of ether oxygens (including phenoxy) is 3. The second-order valence-electron chi connectivity index (χ2n) is 5.41. The average Bonchev–Trinajstić information content (AvgIpc) is 3.08. The van der Waals surface area contributed by atoms with Crippen molar-refractivity contribution in [3.63, 3.8) is 0 Å². The number of benzene rings is 1. The molecule has 0 spiro atoms. The van der Waals surface area contributed by atoms with Crippen molar-refractivity contribution in [2.45, 2.75) is 37.5 Å². The lowest BCUT2D eigenvalue weighted by atomic mass is 9.81. The monoisotopic (exact) mass is 263 g/mol. The Morgan fingerprint density at radius 3 is 2.58 bits per heavy atom. The fourth-order valence-electron chi connectivity index (χ4n) is 3.36. The fraction of sp³-hybridized carbons (Fsp3) is 0.600. The number of rotatable bonds is 4. The molecule has 2 bridgehead atoms. The third kappa shape index (κ3) is 2.19. The molecular formula is C15H21NO3. The van der Waals surface area contributed by atoms with Crippen LogP contribution >= 0.6 is 0 Å². The zero-order valence-corrected chi connectivity index (χ0v) is 11.5. The molecule has 0 radical (unpaired) electrons. The van der Waals surface area contributed by atoms with E-state index in [2.05, 4.69) is 0 Å². The van der Waals surface area contributed by atoms with Crippen LogP contribution in [0.25, 0.3) is 0 Å². The molecule has 2 fully saturated rings. The number of hydrogen-bond acceptors (Lipinski definition) is 4. The molecule has 4 unspecified atom stereocenters. The van der Waals surface area contributed by atoms with Crippen LogP contribution in [0.15, 0.2) is 18.2 Å². The van der Waals surface area contributed by atoms with E-state index in [1.807, 2.05) is 18.2 Å². The molecule has 0 amide bonds. The summed E-state index contributed by atoms with van der Waals surface area (Å²) in [6.07, 6.45) is 4.20. The predicted octanol–water partition coefficient (Wildman–Crippen LogP) is 2.27. The zero-order valence-electron chi connectivity index (χ0n) is 11.5. The number of hydrogen-bond donors (Lipinski definition) is 1. The molecule has 0 saturated carbocycles. The Kier molecular flexibility index (Phi) is 3.37. The first-order chi connectivity index (χ1) is 9.22. The van der Waals surface area contributed by atoms with Crippen molar-refractivity contribution >= 4 is 0 Å². The SMILES string of the molecule is COc1ccc(C(N)C2CC3CCC2O3)cc1OC. The van der Waals surface area contributed by atoms with Gasteiger partial charge in [-0.3, -0.25) is 0 Å². The number of nitrogens with two attached hydrogens (primary N) is 1. The van der Waals surface area contributed by atoms with Crippen LogP contribution in [0, 0.1) is 5.92 Å². The summed E-state index contributed by atoms with van der Waals surface area (Å²) in [5.41, 5.74) is 7.52. The van der Waals surface area contributed by atoms with Gasteiger partial charge in [-0.05, 0) is 37.0 Å². The Morgan fingerprint density at radius 1 is 1.21 bits per heavy atom. The lowest BCUT2D eigenvalue weighted by Gasteiger charge is -2.26. The van der Waals surface area contributed by atoms with E-state index >= 15 is 0 Å². The van der Waals surface area contributed by atoms with Gasteiger partial charge in [0.1, 0.15) is 0 Å². The quantitative estimate of drug-likeness (QED) is 0.905. The number of methoxy groups -OCH3 is 2. The maximum absolute atomic E-state index is 6.43. The zero-order chi connectivity index (χ0) is 13.4. The van der Waals surface area contributed by atoms with Crippen molar-refractivity contribution in [2.24, 2.45) is 11.7 Å². The summed E-state index contributed by atoms with van der Waals surface area (Å²) in [5.74, 6) is 1.90. The normalized spacial score (nSPS) is 30.4. The lowest BCUT2D eigenvalue weighted by molar-refractivity contribution is 0.0884. The molecule has 0 aromatic heterocycles. The van der Waals surface area contributed by atoms with Gasteiger partial charge in [0.25, 0.3) is 0 Å². The molecular weight excluding hydrogens is 242 g/mol. The van der Waals surface area contributed by atoms with Gasteiger partial charge in [0.15, 0.2) is 11.5 Å². The topological polar surface area (TPSA) is 53.7 Å². The van der Waals surface area contributed by atoms with Gasteiger partial charge in [0, 0.05) is 12.0 Å². The second-order valence-corrected chi connectivity index (χ2v) is 5.41. The van der Waals surface area contributed by atoms with Crippen LogP contribution in [0.1, 0.15) is 30.9 Å². The van der Waals surface area contributed by atoms with E-state index in [0.29, 0.717) is 18.1 Å². The highest BCUT2D eigenvalue weighted by atomic mass is 16.5. The predicted molar refractivity (Wildman–Crippen MR) is 72.5 cm³/mol.